The van der Waals surface area contributed by atoms with E-state index in [1.807, 2.05) is 30.3 Å². The molecule has 30 heavy (non-hydrogen) atoms. The van der Waals surface area contributed by atoms with E-state index < -0.39 is 12.1 Å². The smallest absolute Gasteiger partial charge is 0.230 e. The van der Waals surface area contributed by atoms with Gasteiger partial charge in [-0.25, -0.2) is 0 Å². The predicted molar refractivity (Wildman–Crippen MR) is 113 cm³/mol. The minimum Gasteiger partial charge on any atom is -0.394 e. The van der Waals surface area contributed by atoms with Gasteiger partial charge in [-0.3, -0.25) is 9.78 Å². The first-order valence-corrected chi connectivity index (χ1v) is 10.5. The number of amides is 1. The Kier molecular flexibility index (Phi) is 6.12. The van der Waals surface area contributed by atoms with Crippen molar-refractivity contribution in [3.63, 3.8) is 0 Å². The zero-order valence-corrected chi connectivity index (χ0v) is 16.9. The van der Waals surface area contributed by atoms with Crippen LogP contribution in [-0.4, -0.2) is 39.6 Å². The van der Waals surface area contributed by atoms with Crippen molar-refractivity contribution in [2.24, 2.45) is 5.92 Å². The Morgan fingerprint density at radius 1 is 1.17 bits per heavy atom. The molecule has 152 valence electrons. The van der Waals surface area contributed by atoms with Gasteiger partial charge in [-0.15, -0.1) is 0 Å². The van der Waals surface area contributed by atoms with Gasteiger partial charge in [0.25, 0.3) is 0 Å². The van der Waals surface area contributed by atoms with Gasteiger partial charge < -0.3 is 10.0 Å². The molecule has 2 aromatic rings. The second-order valence-corrected chi connectivity index (χ2v) is 8.02. The van der Waals surface area contributed by atoms with Crippen molar-refractivity contribution in [2.45, 2.75) is 50.1 Å². The van der Waals surface area contributed by atoms with Crippen LogP contribution in [0.1, 0.15) is 48.4 Å². The number of benzene rings is 1. The Morgan fingerprint density at radius 3 is 2.57 bits per heavy atom. The molecule has 1 aromatic carbocycles. The lowest BCUT2D eigenvalue weighted by Gasteiger charge is -2.51. The molecule has 1 aliphatic heterocycles. The number of nitrogens with zero attached hydrogens (tertiary/aromatic N) is 3. The van der Waals surface area contributed by atoms with E-state index in [1.165, 1.54) is 30.6 Å². The summed E-state index contributed by atoms with van der Waals surface area (Å²) in [6.45, 7) is -0.181. The first-order valence-electron chi connectivity index (χ1n) is 10.5. The maximum atomic E-state index is 12.8. The van der Waals surface area contributed by atoms with Crippen molar-refractivity contribution in [1.29, 1.82) is 5.26 Å². The zero-order chi connectivity index (χ0) is 20.9. The predicted octanol–water partition coefficient (Wildman–Crippen LogP) is 3.04. The van der Waals surface area contributed by atoms with Crippen LogP contribution in [0.5, 0.6) is 0 Å². The molecule has 1 N–H and O–H groups in total. The van der Waals surface area contributed by atoms with Crippen molar-refractivity contribution in [2.75, 3.05) is 6.61 Å². The van der Waals surface area contributed by atoms with Gasteiger partial charge in [0.15, 0.2) is 0 Å². The number of aliphatic hydroxyl groups is 1. The first-order chi connectivity index (χ1) is 14.7. The SMILES string of the molecule is N#C[C@H]1[C@H](c2ccc(C#CC3CCCC3)cc2)[C@H](CO)N1C(=O)Cc1ccccn1. The highest BCUT2D eigenvalue weighted by molar-refractivity contribution is 5.81. The Bertz CT molecular complexity index is 979. The lowest BCUT2D eigenvalue weighted by molar-refractivity contribution is -0.146. The lowest BCUT2D eigenvalue weighted by Crippen LogP contribution is -2.65. The number of carbonyl (C=O) groups is 1. The maximum Gasteiger partial charge on any atom is 0.230 e. The summed E-state index contributed by atoms with van der Waals surface area (Å²) in [6, 6.07) is 14.6. The molecule has 0 bridgehead atoms. The highest BCUT2D eigenvalue weighted by Crippen LogP contribution is 2.40. The van der Waals surface area contributed by atoms with E-state index in [0.717, 1.165) is 11.1 Å². The summed E-state index contributed by atoms with van der Waals surface area (Å²) >= 11 is 0. The molecule has 1 aromatic heterocycles. The van der Waals surface area contributed by atoms with Crippen LogP contribution < -0.4 is 0 Å². The number of nitriles is 1. The van der Waals surface area contributed by atoms with E-state index in [2.05, 4.69) is 22.9 Å². The Morgan fingerprint density at radius 2 is 1.93 bits per heavy atom. The van der Waals surface area contributed by atoms with Crippen molar-refractivity contribution >= 4 is 5.91 Å². The maximum absolute atomic E-state index is 12.8. The van der Waals surface area contributed by atoms with E-state index in [-0.39, 0.29) is 24.9 Å². The number of rotatable bonds is 4. The van der Waals surface area contributed by atoms with Gasteiger partial charge in [0.2, 0.25) is 5.91 Å². The number of likely N-dealkylation sites (tertiary alicyclic amines) is 1. The fraction of sp³-hybridized carbons (Fsp3) is 0.400. The van der Waals surface area contributed by atoms with Crippen LogP contribution in [0.25, 0.3) is 0 Å². The van der Waals surface area contributed by atoms with Gasteiger partial charge in [0.05, 0.1) is 25.1 Å². The summed E-state index contributed by atoms with van der Waals surface area (Å²) < 4.78 is 0. The van der Waals surface area contributed by atoms with Gasteiger partial charge in [-0.1, -0.05) is 42.9 Å². The molecule has 0 spiro atoms. The van der Waals surface area contributed by atoms with Crippen LogP contribution >= 0.6 is 0 Å². The van der Waals surface area contributed by atoms with Gasteiger partial charge >= 0.3 is 0 Å². The lowest BCUT2D eigenvalue weighted by atomic mass is 9.75. The third-order valence-corrected chi connectivity index (χ3v) is 6.15. The molecule has 3 atom stereocenters. The largest absolute Gasteiger partial charge is 0.394 e. The highest BCUT2D eigenvalue weighted by atomic mass is 16.3. The van der Waals surface area contributed by atoms with E-state index in [0.29, 0.717) is 11.6 Å². The number of hydrogen-bond donors (Lipinski definition) is 1. The topological polar surface area (TPSA) is 77.2 Å². The molecule has 2 aliphatic rings. The average Bonchev–Trinajstić information content (AvgIpc) is 3.27. The number of aromatic nitrogens is 1. The fourth-order valence-electron chi connectivity index (χ4n) is 4.54. The summed E-state index contributed by atoms with van der Waals surface area (Å²) in [5.74, 6) is 6.74. The summed E-state index contributed by atoms with van der Waals surface area (Å²) in [5.41, 5.74) is 2.57. The molecule has 5 heteroatoms. The normalized spacial score (nSPS) is 23.2. The van der Waals surface area contributed by atoms with Crippen molar-refractivity contribution in [3.05, 3.63) is 65.5 Å². The van der Waals surface area contributed by atoms with Crippen LogP contribution in [0.4, 0.5) is 0 Å². The average molecular weight is 399 g/mol. The molecule has 1 amide bonds. The molecule has 0 unspecified atom stereocenters. The standard InChI is InChI=1S/C25H25N3O2/c26-16-22-25(20-12-10-19(11-13-20)9-8-18-5-1-2-6-18)23(17-29)28(22)24(30)15-21-7-3-4-14-27-21/h3-4,7,10-14,18,22-23,25,29H,1-2,5-6,15,17H2/t22-,23-,25-/m0/s1. The Balaban J connectivity index is 1.47. The third kappa shape index (κ3) is 4.08. The molecule has 1 aliphatic carbocycles. The Labute approximate surface area is 177 Å². The number of hydrogen-bond acceptors (Lipinski definition) is 4. The fourth-order valence-corrected chi connectivity index (χ4v) is 4.54. The highest BCUT2D eigenvalue weighted by Gasteiger charge is 2.51. The molecule has 2 fully saturated rings. The summed E-state index contributed by atoms with van der Waals surface area (Å²) in [5, 5.41) is 19.6. The minimum absolute atomic E-state index is 0.123. The van der Waals surface area contributed by atoms with Crippen LogP contribution in [-0.2, 0) is 11.2 Å². The number of aliphatic hydroxyl groups excluding tert-OH is 1. The molecule has 1 saturated carbocycles. The summed E-state index contributed by atoms with van der Waals surface area (Å²) in [4.78, 5) is 18.5. The van der Waals surface area contributed by atoms with Crippen molar-refractivity contribution in [3.8, 4) is 17.9 Å². The van der Waals surface area contributed by atoms with Gasteiger partial charge in [0.1, 0.15) is 6.04 Å². The quantitative estimate of drug-likeness (QED) is 0.802. The molecule has 4 rings (SSSR count). The number of pyridine rings is 1. The van der Waals surface area contributed by atoms with Gasteiger partial charge in [-0.2, -0.15) is 5.26 Å². The molecular weight excluding hydrogens is 374 g/mol. The molecule has 0 radical (unpaired) electrons. The number of carbonyl (C=O) groups excluding carboxylic acids is 1. The first kappa shape index (κ1) is 20.1. The van der Waals surface area contributed by atoms with E-state index in [4.69, 9.17) is 0 Å². The van der Waals surface area contributed by atoms with Crippen molar-refractivity contribution < 1.29 is 9.90 Å². The molecular formula is C25H25N3O2. The second-order valence-electron chi connectivity index (χ2n) is 8.02. The van der Waals surface area contributed by atoms with E-state index in [1.54, 1.807) is 18.3 Å². The van der Waals surface area contributed by atoms with Crippen molar-refractivity contribution in [1.82, 2.24) is 9.88 Å². The second kappa shape index (κ2) is 9.11. The molecule has 1 saturated heterocycles. The molecule has 2 heterocycles. The van der Waals surface area contributed by atoms with Crippen LogP contribution in [0.3, 0.4) is 0 Å². The van der Waals surface area contributed by atoms with Gasteiger partial charge in [-0.05, 0) is 42.7 Å². The minimum atomic E-state index is -0.589. The third-order valence-electron chi connectivity index (χ3n) is 6.15. The van der Waals surface area contributed by atoms with Crippen LogP contribution in [0.2, 0.25) is 0 Å². The zero-order valence-electron chi connectivity index (χ0n) is 16.9. The van der Waals surface area contributed by atoms with Gasteiger partial charge in [0, 0.05) is 29.3 Å². The van der Waals surface area contributed by atoms with Crippen LogP contribution in [0, 0.1) is 29.1 Å². The van der Waals surface area contributed by atoms with Crippen LogP contribution in [0.15, 0.2) is 48.7 Å². The summed E-state index contributed by atoms with van der Waals surface area (Å²) in [7, 11) is 0. The van der Waals surface area contributed by atoms with E-state index in [9.17, 15) is 15.2 Å². The molecule has 5 nitrogen and oxygen atoms in total. The monoisotopic (exact) mass is 399 g/mol. The van der Waals surface area contributed by atoms with E-state index >= 15 is 0 Å². The Hall–Kier alpha value is -3.15. The summed E-state index contributed by atoms with van der Waals surface area (Å²) in [6.07, 6.45) is 6.69.